The van der Waals surface area contributed by atoms with Crippen LogP contribution in [0.2, 0.25) is 6.55 Å². The molecule has 0 amide bonds. The van der Waals surface area contributed by atoms with Crippen LogP contribution in [0.5, 0.6) is 0 Å². The van der Waals surface area contributed by atoms with Gasteiger partial charge in [0.25, 0.3) is 0 Å². The van der Waals surface area contributed by atoms with Gasteiger partial charge in [0.15, 0.2) is 0 Å². The number of nitrogens with zero attached hydrogens (tertiary/aromatic N) is 1. The third kappa shape index (κ3) is 3.50. The lowest BCUT2D eigenvalue weighted by molar-refractivity contribution is -0.0523. The van der Waals surface area contributed by atoms with Gasteiger partial charge in [0.1, 0.15) is 0 Å². The van der Waals surface area contributed by atoms with Crippen molar-refractivity contribution in [3.8, 4) is 0 Å². The van der Waals surface area contributed by atoms with E-state index >= 15 is 0 Å². The Bertz CT molecular complexity index is 534. The number of rotatable bonds is 5. The van der Waals surface area contributed by atoms with Crippen LogP contribution < -0.4 is 0 Å². The molecule has 0 bridgehead atoms. The zero-order valence-electron chi connectivity index (χ0n) is 10.5. The van der Waals surface area contributed by atoms with Gasteiger partial charge in [0.2, 0.25) is 0 Å². The van der Waals surface area contributed by atoms with Crippen LogP contribution >= 0.6 is 0 Å². The Morgan fingerprint density at radius 1 is 0.810 bits per heavy atom. The number of hydrogen-bond acceptors (Lipinski definition) is 6. The Hall–Kier alpha value is -0.423. The first-order chi connectivity index (χ1) is 8.99. The second-order valence-corrected chi connectivity index (χ2v) is 10.9. The van der Waals surface area contributed by atoms with Crippen molar-refractivity contribution >= 4 is 28.8 Å². The highest BCUT2D eigenvalue weighted by Gasteiger charge is 2.69. The highest BCUT2D eigenvalue weighted by Crippen LogP contribution is 2.38. The van der Waals surface area contributed by atoms with Crippen molar-refractivity contribution < 1.29 is 52.0 Å². The summed E-state index contributed by atoms with van der Waals surface area (Å²) in [5, 5.41) is 0. The van der Waals surface area contributed by atoms with Gasteiger partial charge >= 0.3 is 39.8 Å². The van der Waals surface area contributed by atoms with Crippen LogP contribution in [0.4, 0.5) is 26.3 Å². The van der Waals surface area contributed by atoms with Crippen molar-refractivity contribution in [1.82, 2.24) is 3.38 Å². The average Bonchev–Trinajstić information content (AvgIpc) is 2.25. The molecule has 0 aliphatic heterocycles. The molecular weight excluding hydrogens is 376 g/mol. The van der Waals surface area contributed by atoms with Crippen LogP contribution in [-0.4, -0.2) is 54.2 Å². The molecule has 0 saturated heterocycles. The first-order valence-electron chi connectivity index (χ1n) is 4.52. The van der Waals surface area contributed by atoms with Gasteiger partial charge in [-0.1, -0.05) is 3.38 Å². The summed E-state index contributed by atoms with van der Waals surface area (Å²) in [6.07, 6.45) is 0. The van der Waals surface area contributed by atoms with Crippen LogP contribution in [0, 0.1) is 0 Å². The van der Waals surface area contributed by atoms with E-state index in [1.807, 2.05) is 0 Å². The molecule has 16 heteroatoms. The quantitative estimate of drug-likeness (QED) is 0.515. The van der Waals surface area contributed by atoms with Crippen molar-refractivity contribution in [2.75, 3.05) is 14.2 Å². The molecule has 0 aromatic heterocycles. The summed E-state index contributed by atoms with van der Waals surface area (Å²) in [5.41, 5.74) is -12.6. The molecule has 0 atom stereocenters. The number of halogens is 6. The second kappa shape index (κ2) is 5.65. The topological polar surface area (TPSA) is 90.0 Å². The SMILES string of the molecule is CO[Si](C)(OC)N(S(=O)(=O)C(F)(F)F)S(=O)(=O)C(F)(F)F. The molecule has 0 radical (unpaired) electrons. The number of hydrogen-bond donors (Lipinski definition) is 0. The fourth-order valence-electron chi connectivity index (χ4n) is 0.986. The van der Waals surface area contributed by atoms with Crippen molar-refractivity contribution in [3.63, 3.8) is 0 Å². The van der Waals surface area contributed by atoms with E-state index in [1.54, 1.807) is 0 Å². The minimum absolute atomic E-state index is 0.388. The van der Waals surface area contributed by atoms with Crippen molar-refractivity contribution in [2.24, 2.45) is 0 Å². The van der Waals surface area contributed by atoms with Gasteiger partial charge in [-0.3, -0.25) is 0 Å². The van der Waals surface area contributed by atoms with Gasteiger partial charge in [0, 0.05) is 14.2 Å². The normalized spacial score (nSPS) is 15.5. The molecule has 0 unspecified atom stereocenters. The summed E-state index contributed by atoms with van der Waals surface area (Å²) < 4.78 is 126. The van der Waals surface area contributed by atoms with Gasteiger partial charge in [-0.25, -0.2) is 16.8 Å². The minimum Gasteiger partial charge on any atom is -0.385 e. The molecule has 0 fully saturated rings. The zero-order valence-corrected chi connectivity index (χ0v) is 13.1. The lowest BCUT2D eigenvalue weighted by Crippen LogP contribution is -2.64. The van der Waals surface area contributed by atoms with Crippen LogP contribution in [0.1, 0.15) is 0 Å². The van der Waals surface area contributed by atoms with E-state index in [9.17, 15) is 43.2 Å². The molecule has 128 valence electrons. The molecule has 0 aromatic carbocycles. The Kier molecular flexibility index (Phi) is 5.54. The molecule has 0 heterocycles. The molecular formula is C5H9F6NO6S2Si. The van der Waals surface area contributed by atoms with Gasteiger partial charge in [-0.15, -0.1) is 0 Å². The Morgan fingerprint density at radius 2 is 1.05 bits per heavy atom. The molecule has 0 aromatic rings. The molecule has 0 aliphatic rings. The van der Waals surface area contributed by atoms with Gasteiger partial charge in [0.05, 0.1) is 0 Å². The molecule has 7 nitrogen and oxygen atoms in total. The summed E-state index contributed by atoms with van der Waals surface area (Å²) in [5.74, 6) is 0. The predicted molar refractivity (Wildman–Crippen MR) is 57.4 cm³/mol. The smallest absolute Gasteiger partial charge is 0.385 e. The van der Waals surface area contributed by atoms with Crippen LogP contribution in [0.3, 0.4) is 0 Å². The van der Waals surface area contributed by atoms with E-state index in [-0.39, 0.29) is 0 Å². The van der Waals surface area contributed by atoms with E-state index in [1.165, 1.54) is 0 Å². The van der Waals surface area contributed by atoms with E-state index < -0.39 is 43.2 Å². The Balaban J connectivity index is 6.64. The lowest BCUT2D eigenvalue weighted by Gasteiger charge is -2.33. The minimum atomic E-state index is -6.92. The van der Waals surface area contributed by atoms with Crippen LogP contribution in [0.15, 0.2) is 0 Å². The fourth-order valence-corrected chi connectivity index (χ4v) is 8.38. The third-order valence-electron chi connectivity index (χ3n) is 2.11. The molecule has 0 aliphatic carbocycles. The van der Waals surface area contributed by atoms with Gasteiger partial charge in [-0.05, 0) is 6.55 Å². The van der Waals surface area contributed by atoms with Crippen molar-refractivity contribution in [3.05, 3.63) is 0 Å². The maximum atomic E-state index is 12.5. The first-order valence-corrected chi connectivity index (χ1v) is 9.67. The zero-order chi connectivity index (χ0) is 17.5. The van der Waals surface area contributed by atoms with Gasteiger partial charge in [-0.2, -0.15) is 26.3 Å². The maximum Gasteiger partial charge on any atom is 0.512 e. The summed E-state index contributed by atoms with van der Waals surface area (Å²) in [6.45, 7) is 0.388. The highest BCUT2D eigenvalue weighted by molar-refractivity contribution is 8.06. The summed E-state index contributed by atoms with van der Waals surface area (Å²) >= 11 is 0. The molecule has 0 saturated carbocycles. The van der Waals surface area contributed by atoms with Gasteiger partial charge < -0.3 is 8.85 Å². The molecule has 0 rings (SSSR count). The Labute approximate surface area is 116 Å². The fraction of sp³-hybridized carbons (Fsp3) is 1.00. The van der Waals surface area contributed by atoms with Crippen LogP contribution in [-0.2, 0) is 28.9 Å². The number of sulfonamides is 2. The monoisotopic (exact) mass is 385 g/mol. The van der Waals surface area contributed by atoms with E-state index in [0.29, 0.717) is 20.8 Å². The van der Waals surface area contributed by atoms with E-state index in [4.69, 9.17) is 0 Å². The third-order valence-corrected chi connectivity index (χ3v) is 10.9. The predicted octanol–water partition coefficient (Wildman–Crippen LogP) is 0.849. The summed E-state index contributed by atoms with van der Waals surface area (Å²) in [7, 11) is -17.9. The number of alkyl halides is 6. The largest absolute Gasteiger partial charge is 0.512 e. The maximum absolute atomic E-state index is 12.5. The van der Waals surface area contributed by atoms with E-state index in [0.717, 1.165) is 0 Å². The van der Waals surface area contributed by atoms with Crippen molar-refractivity contribution in [1.29, 1.82) is 0 Å². The first kappa shape index (κ1) is 20.6. The summed E-state index contributed by atoms with van der Waals surface area (Å²) in [4.78, 5) is 0. The highest BCUT2D eigenvalue weighted by atomic mass is 32.3. The van der Waals surface area contributed by atoms with E-state index in [2.05, 4.69) is 8.85 Å². The second-order valence-electron chi connectivity index (χ2n) is 3.40. The lowest BCUT2D eigenvalue weighted by atomic mass is 11.6. The van der Waals surface area contributed by atoms with Crippen LogP contribution in [0.25, 0.3) is 0 Å². The molecule has 0 N–H and O–H groups in total. The summed E-state index contributed by atoms with van der Waals surface area (Å²) in [6, 6.07) is 0. The molecule has 21 heavy (non-hydrogen) atoms. The standard InChI is InChI=1S/C5H9F6NO6S2Si/c1-17-21(3,18-2)12(19(13,14)4(6,7)8)20(15,16)5(9,10)11/h1-3H3. The van der Waals surface area contributed by atoms with Crippen molar-refractivity contribution in [2.45, 2.75) is 17.6 Å². The Morgan fingerprint density at radius 3 is 1.19 bits per heavy atom. The molecule has 0 spiro atoms. The average molecular weight is 385 g/mol.